The first-order chi connectivity index (χ1) is 13.1. The molecule has 0 radical (unpaired) electrons. The highest BCUT2D eigenvalue weighted by atomic mass is 32.2. The molecule has 1 aromatic carbocycles. The molecule has 0 fully saturated rings. The maximum absolute atomic E-state index is 12.4. The average molecular weight is 411 g/mol. The van der Waals surface area contributed by atoms with Gasteiger partial charge in [0.1, 0.15) is 10.6 Å². The van der Waals surface area contributed by atoms with Gasteiger partial charge in [-0.2, -0.15) is 4.72 Å². The van der Waals surface area contributed by atoms with Crippen molar-refractivity contribution in [1.82, 2.24) is 15.2 Å². The van der Waals surface area contributed by atoms with E-state index < -0.39 is 26.9 Å². The van der Waals surface area contributed by atoms with Crippen LogP contribution in [-0.4, -0.2) is 43.5 Å². The van der Waals surface area contributed by atoms with Crippen LogP contribution in [0.2, 0.25) is 0 Å². The molecular formula is C16H21N5O6S. The number of aryl methyl sites for hydroxylation is 2. The average Bonchev–Trinajstić information content (AvgIpc) is 2.97. The zero-order valence-corrected chi connectivity index (χ0v) is 16.4. The lowest BCUT2D eigenvalue weighted by Crippen LogP contribution is -2.45. The summed E-state index contributed by atoms with van der Waals surface area (Å²) in [5, 5.41) is 19.8. The van der Waals surface area contributed by atoms with Gasteiger partial charge in [-0.15, -0.1) is 0 Å². The molecule has 2 rings (SSSR count). The standard InChI is InChI=1S/C16H21N5O6S/c1-10-15(12(3)27-19-10)28(25,26)20-11(2)16(22)18-9-8-17-13-4-6-14(7-5-13)21(23)24/h4-7,11,17,20H,8-9H2,1-3H3,(H,18,22)/t11-/m0/s1. The summed E-state index contributed by atoms with van der Waals surface area (Å²) in [6, 6.07) is 4.85. The van der Waals surface area contributed by atoms with Crippen LogP contribution in [0.25, 0.3) is 0 Å². The molecule has 0 saturated heterocycles. The fourth-order valence-corrected chi connectivity index (χ4v) is 3.98. The number of hydrogen-bond donors (Lipinski definition) is 3. The summed E-state index contributed by atoms with van der Waals surface area (Å²) in [6.45, 7) is 4.98. The Bertz CT molecular complexity index is 935. The van der Waals surface area contributed by atoms with Gasteiger partial charge >= 0.3 is 0 Å². The molecule has 0 bridgehead atoms. The van der Waals surface area contributed by atoms with Gasteiger partial charge in [-0.25, -0.2) is 8.42 Å². The molecule has 0 aliphatic heterocycles. The fraction of sp³-hybridized carbons (Fsp3) is 0.375. The number of anilines is 1. The van der Waals surface area contributed by atoms with E-state index in [9.17, 15) is 23.3 Å². The van der Waals surface area contributed by atoms with Crippen LogP contribution in [0.4, 0.5) is 11.4 Å². The van der Waals surface area contributed by atoms with Crippen molar-refractivity contribution >= 4 is 27.3 Å². The molecule has 1 heterocycles. The SMILES string of the molecule is Cc1noc(C)c1S(=O)(=O)N[C@@H](C)C(=O)NCCNc1ccc([N+](=O)[O-])cc1. The van der Waals surface area contributed by atoms with Crippen molar-refractivity contribution in [3.8, 4) is 0 Å². The Balaban J connectivity index is 1.82. The van der Waals surface area contributed by atoms with Gasteiger partial charge in [0.2, 0.25) is 15.9 Å². The normalized spacial score (nSPS) is 12.4. The molecule has 0 spiro atoms. The number of nitrogens with one attached hydrogen (secondary N) is 3. The Hall–Kier alpha value is -2.99. The number of nitro benzene ring substituents is 1. The molecule has 2 aromatic rings. The minimum Gasteiger partial charge on any atom is -0.383 e. The topological polar surface area (TPSA) is 156 Å². The van der Waals surface area contributed by atoms with E-state index in [1.165, 1.54) is 32.9 Å². The maximum Gasteiger partial charge on any atom is 0.269 e. The summed E-state index contributed by atoms with van der Waals surface area (Å²) >= 11 is 0. The van der Waals surface area contributed by atoms with Crippen molar-refractivity contribution in [2.45, 2.75) is 31.7 Å². The molecule has 3 N–H and O–H groups in total. The van der Waals surface area contributed by atoms with E-state index in [0.29, 0.717) is 12.2 Å². The van der Waals surface area contributed by atoms with Gasteiger partial charge in [-0.1, -0.05) is 5.16 Å². The predicted molar refractivity (Wildman–Crippen MR) is 100 cm³/mol. The second kappa shape index (κ2) is 8.80. The number of hydrogen-bond acceptors (Lipinski definition) is 8. The van der Waals surface area contributed by atoms with E-state index in [1.807, 2.05) is 0 Å². The maximum atomic E-state index is 12.4. The Morgan fingerprint density at radius 3 is 2.43 bits per heavy atom. The molecule has 1 amide bonds. The van der Waals surface area contributed by atoms with E-state index in [-0.39, 0.29) is 28.6 Å². The monoisotopic (exact) mass is 411 g/mol. The smallest absolute Gasteiger partial charge is 0.269 e. The van der Waals surface area contributed by atoms with Crippen molar-refractivity contribution in [2.24, 2.45) is 0 Å². The third-order valence-corrected chi connectivity index (χ3v) is 5.58. The lowest BCUT2D eigenvalue weighted by molar-refractivity contribution is -0.384. The van der Waals surface area contributed by atoms with Gasteiger partial charge in [0.05, 0.1) is 11.0 Å². The van der Waals surface area contributed by atoms with Gasteiger partial charge in [-0.05, 0) is 32.9 Å². The summed E-state index contributed by atoms with van der Waals surface area (Å²) in [5.74, 6) is -0.356. The zero-order chi connectivity index (χ0) is 20.9. The highest BCUT2D eigenvalue weighted by molar-refractivity contribution is 7.89. The minimum atomic E-state index is -3.95. The molecule has 12 heteroatoms. The number of aromatic nitrogens is 1. The number of carbonyl (C=O) groups excluding carboxylic acids is 1. The molecule has 152 valence electrons. The number of nitrogens with zero attached hydrogens (tertiary/aromatic N) is 2. The Labute approximate surface area is 161 Å². The molecule has 1 aromatic heterocycles. The van der Waals surface area contributed by atoms with Crippen molar-refractivity contribution in [2.75, 3.05) is 18.4 Å². The first-order valence-corrected chi connectivity index (χ1v) is 9.81. The van der Waals surface area contributed by atoms with Gasteiger partial charge in [0, 0.05) is 30.9 Å². The summed E-state index contributed by atoms with van der Waals surface area (Å²) in [5.41, 5.74) is 0.857. The van der Waals surface area contributed by atoms with Crippen molar-refractivity contribution < 1.29 is 22.7 Å². The number of carbonyl (C=O) groups is 1. The zero-order valence-electron chi connectivity index (χ0n) is 15.6. The second-order valence-corrected chi connectivity index (χ2v) is 7.67. The molecule has 28 heavy (non-hydrogen) atoms. The van der Waals surface area contributed by atoms with Crippen LogP contribution in [0.15, 0.2) is 33.7 Å². The summed E-state index contributed by atoms with van der Waals surface area (Å²) in [6.07, 6.45) is 0. The lowest BCUT2D eigenvalue weighted by atomic mass is 10.3. The highest BCUT2D eigenvalue weighted by Gasteiger charge is 2.27. The van der Waals surface area contributed by atoms with Crippen LogP contribution < -0.4 is 15.4 Å². The third kappa shape index (κ3) is 5.27. The Morgan fingerprint density at radius 1 is 1.25 bits per heavy atom. The second-order valence-electron chi connectivity index (χ2n) is 6.02. The number of sulfonamides is 1. The first-order valence-electron chi connectivity index (χ1n) is 8.33. The first kappa shape index (κ1) is 21.3. The molecule has 0 unspecified atom stereocenters. The van der Waals surface area contributed by atoms with Gasteiger partial charge in [-0.3, -0.25) is 14.9 Å². The molecular weight excluding hydrogens is 390 g/mol. The third-order valence-electron chi connectivity index (χ3n) is 3.79. The van der Waals surface area contributed by atoms with Crippen LogP contribution in [-0.2, 0) is 14.8 Å². The van der Waals surface area contributed by atoms with Crippen molar-refractivity contribution in [3.63, 3.8) is 0 Å². The minimum absolute atomic E-state index is 0.0155. The lowest BCUT2D eigenvalue weighted by Gasteiger charge is -2.14. The summed E-state index contributed by atoms with van der Waals surface area (Å²) in [7, 11) is -3.95. The van der Waals surface area contributed by atoms with Crippen LogP contribution in [0.1, 0.15) is 18.4 Å². The quantitative estimate of drug-likeness (QED) is 0.314. The number of non-ortho nitro benzene ring substituents is 1. The van der Waals surface area contributed by atoms with E-state index in [4.69, 9.17) is 4.52 Å². The van der Waals surface area contributed by atoms with Crippen LogP contribution in [0.5, 0.6) is 0 Å². The number of nitro groups is 1. The van der Waals surface area contributed by atoms with Crippen molar-refractivity contribution in [1.29, 1.82) is 0 Å². The van der Waals surface area contributed by atoms with Gasteiger partial charge in [0.25, 0.3) is 5.69 Å². The van der Waals surface area contributed by atoms with E-state index in [2.05, 4.69) is 20.5 Å². The number of benzene rings is 1. The van der Waals surface area contributed by atoms with Crippen LogP contribution in [0, 0.1) is 24.0 Å². The molecule has 11 nitrogen and oxygen atoms in total. The highest BCUT2D eigenvalue weighted by Crippen LogP contribution is 2.19. The summed E-state index contributed by atoms with van der Waals surface area (Å²) in [4.78, 5) is 22.1. The van der Waals surface area contributed by atoms with Gasteiger partial charge < -0.3 is 15.2 Å². The molecule has 0 saturated carbocycles. The summed E-state index contributed by atoms with van der Waals surface area (Å²) < 4.78 is 31.9. The fourth-order valence-electron chi connectivity index (χ4n) is 2.45. The van der Waals surface area contributed by atoms with Crippen LogP contribution >= 0.6 is 0 Å². The van der Waals surface area contributed by atoms with Crippen molar-refractivity contribution in [3.05, 3.63) is 45.8 Å². The Kier molecular flexibility index (Phi) is 6.70. The number of rotatable bonds is 9. The van der Waals surface area contributed by atoms with E-state index in [0.717, 1.165) is 0 Å². The largest absolute Gasteiger partial charge is 0.383 e. The van der Waals surface area contributed by atoms with Crippen LogP contribution in [0.3, 0.4) is 0 Å². The predicted octanol–water partition coefficient (Wildman–Crippen LogP) is 1.09. The van der Waals surface area contributed by atoms with Gasteiger partial charge in [0.15, 0.2) is 5.76 Å². The van der Waals surface area contributed by atoms with E-state index >= 15 is 0 Å². The molecule has 1 atom stereocenters. The molecule has 0 aliphatic rings. The molecule has 0 aliphatic carbocycles. The Morgan fingerprint density at radius 2 is 1.89 bits per heavy atom. The number of amides is 1. The van der Waals surface area contributed by atoms with E-state index in [1.54, 1.807) is 12.1 Å².